The number of para-hydroxylation sites is 2. The summed E-state index contributed by atoms with van der Waals surface area (Å²) in [6.07, 6.45) is 0. The number of rotatable bonds is 7. The molecule has 0 radical (unpaired) electrons. The van der Waals surface area contributed by atoms with Crippen molar-refractivity contribution in [1.82, 2.24) is 0 Å². The lowest BCUT2D eigenvalue weighted by molar-refractivity contribution is 0.101. The maximum absolute atomic E-state index is 12.9. The smallest absolute Gasteiger partial charge is 0.255 e. The Labute approximate surface area is 213 Å². The molecule has 10 heteroatoms. The molecule has 0 aliphatic carbocycles. The third kappa shape index (κ3) is 5.89. The van der Waals surface area contributed by atoms with Gasteiger partial charge in [0.25, 0.3) is 11.8 Å². The van der Waals surface area contributed by atoms with Crippen molar-refractivity contribution in [2.24, 2.45) is 10.9 Å². The Balaban J connectivity index is 1.53. The van der Waals surface area contributed by atoms with Crippen LogP contribution in [0.2, 0.25) is 0 Å². The number of carbonyl (C=O) groups excluding carboxylic acids is 2. The molecule has 0 unspecified atom stereocenters. The molecule has 0 atom stereocenters. The van der Waals surface area contributed by atoms with E-state index in [0.717, 1.165) is 0 Å². The fourth-order valence-electron chi connectivity index (χ4n) is 3.67. The number of nitrogens with two attached hydrogens (primary N) is 2. The van der Waals surface area contributed by atoms with Gasteiger partial charge < -0.3 is 16.4 Å². The predicted molar refractivity (Wildman–Crippen MR) is 143 cm³/mol. The van der Waals surface area contributed by atoms with Gasteiger partial charge in [0.05, 0.1) is 16.3 Å². The minimum Gasteiger partial charge on any atom is -0.384 e. The van der Waals surface area contributed by atoms with Crippen molar-refractivity contribution in [3.05, 3.63) is 114 Å². The van der Waals surface area contributed by atoms with Crippen molar-refractivity contribution < 1.29 is 18.0 Å². The molecule has 186 valence electrons. The fraction of sp³-hybridized carbons (Fsp3) is 0. The highest BCUT2D eigenvalue weighted by atomic mass is 32.2. The molecule has 0 aliphatic rings. The normalized spacial score (nSPS) is 10.9. The van der Waals surface area contributed by atoms with Gasteiger partial charge in [-0.05, 0) is 48.0 Å². The van der Waals surface area contributed by atoms with Gasteiger partial charge in [-0.2, -0.15) is 0 Å². The van der Waals surface area contributed by atoms with E-state index in [1.807, 2.05) is 0 Å². The van der Waals surface area contributed by atoms with Gasteiger partial charge in [-0.15, -0.1) is 0 Å². The number of anilines is 2. The molecule has 0 bridgehead atoms. The van der Waals surface area contributed by atoms with Crippen molar-refractivity contribution in [1.29, 1.82) is 5.41 Å². The Morgan fingerprint density at radius 3 is 1.81 bits per heavy atom. The third-order valence-corrected chi connectivity index (χ3v) is 6.48. The van der Waals surface area contributed by atoms with Crippen LogP contribution in [0.4, 0.5) is 11.4 Å². The summed E-state index contributed by atoms with van der Waals surface area (Å²) in [6.45, 7) is 0. The maximum Gasteiger partial charge on any atom is 0.255 e. The molecule has 0 fully saturated rings. The maximum atomic E-state index is 12.9. The summed E-state index contributed by atoms with van der Waals surface area (Å²) >= 11 is 0. The summed E-state index contributed by atoms with van der Waals surface area (Å²) in [5.41, 5.74) is 8.34. The zero-order chi connectivity index (χ0) is 26.6. The van der Waals surface area contributed by atoms with Crippen LogP contribution in [0.3, 0.4) is 0 Å². The average Bonchev–Trinajstić information content (AvgIpc) is 2.89. The SMILES string of the molecule is N=C(N)c1cccc(C(=O)Nc2ccccc2NC(=O)c2ccc(-c3ccccc3S(N)(=O)=O)cc2)c1. The monoisotopic (exact) mass is 513 g/mol. The summed E-state index contributed by atoms with van der Waals surface area (Å²) in [4.78, 5) is 25.7. The topological polar surface area (TPSA) is 168 Å². The standard InChI is InChI=1S/C27H23N5O4S/c28-25(29)19-6-5-7-20(16-19)27(34)32-23-10-3-2-9-22(23)31-26(33)18-14-12-17(13-15-18)21-8-1-4-11-24(21)37(30,35)36/h1-16H,(H3,28,29)(H,31,33)(H,32,34)(H2,30,35,36). The third-order valence-electron chi connectivity index (χ3n) is 5.51. The molecule has 4 aromatic rings. The minimum atomic E-state index is -3.92. The molecule has 0 aliphatic heterocycles. The Morgan fingerprint density at radius 1 is 0.676 bits per heavy atom. The molecule has 9 nitrogen and oxygen atoms in total. The zero-order valence-electron chi connectivity index (χ0n) is 19.4. The summed E-state index contributed by atoms with van der Waals surface area (Å²) in [5.74, 6) is -1.00. The van der Waals surface area contributed by atoms with Crippen LogP contribution >= 0.6 is 0 Å². The molecule has 4 aromatic carbocycles. The number of hydrogen-bond donors (Lipinski definition) is 5. The molecule has 0 saturated heterocycles. The van der Waals surface area contributed by atoms with Gasteiger partial charge in [0, 0.05) is 22.3 Å². The highest BCUT2D eigenvalue weighted by Crippen LogP contribution is 2.27. The molecule has 0 heterocycles. The summed E-state index contributed by atoms with van der Waals surface area (Å²) in [7, 11) is -3.92. The number of amides is 2. The Hall–Kier alpha value is -4.80. The molecule has 0 aromatic heterocycles. The second kappa shape index (κ2) is 10.4. The van der Waals surface area contributed by atoms with Crippen molar-refractivity contribution >= 4 is 39.0 Å². The van der Waals surface area contributed by atoms with E-state index in [1.165, 1.54) is 12.1 Å². The molecular weight excluding hydrogens is 490 g/mol. The lowest BCUT2D eigenvalue weighted by atomic mass is 10.0. The minimum absolute atomic E-state index is 0.00860. The Bertz CT molecular complexity index is 1620. The number of primary sulfonamides is 1. The van der Waals surface area contributed by atoms with Crippen LogP contribution in [0.25, 0.3) is 11.1 Å². The summed E-state index contributed by atoms with van der Waals surface area (Å²) in [5, 5.41) is 18.4. The van der Waals surface area contributed by atoms with Gasteiger partial charge in [-0.3, -0.25) is 15.0 Å². The van der Waals surface area contributed by atoms with Crippen LogP contribution in [0.1, 0.15) is 26.3 Å². The van der Waals surface area contributed by atoms with E-state index in [9.17, 15) is 18.0 Å². The number of carbonyl (C=O) groups is 2. The molecular formula is C27H23N5O4S. The van der Waals surface area contributed by atoms with Crippen molar-refractivity contribution in [3.8, 4) is 11.1 Å². The number of nitrogen functional groups attached to an aromatic ring is 1. The first-order valence-corrected chi connectivity index (χ1v) is 12.6. The van der Waals surface area contributed by atoms with Crippen molar-refractivity contribution in [2.75, 3.05) is 10.6 Å². The van der Waals surface area contributed by atoms with Gasteiger partial charge in [-0.25, -0.2) is 13.6 Å². The van der Waals surface area contributed by atoms with E-state index < -0.39 is 21.8 Å². The molecule has 4 rings (SSSR count). The zero-order valence-corrected chi connectivity index (χ0v) is 20.3. The Morgan fingerprint density at radius 2 is 1.22 bits per heavy atom. The molecule has 2 amide bonds. The average molecular weight is 514 g/mol. The van der Waals surface area contributed by atoms with Crippen LogP contribution in [-0.4, -0.2) is 26.1 Å². The van der Waals surface area contributed by atoms with Gasteiger partial charge in [0.2, 0.25) is 10.0 Å². The highest BCUT2D eigenvalue weighted by molar-refractivity contribution is 7.89. The number of nitrogens with one attached hydrogen (secondary N) is 3. The quantitative estimate of drug-likeness (QED) is 0.187. The molecule has 37 heavy (non-hydrogen) atoms. The van der Waals surface area contributed by atoms with Gasteiger partial charge in [0.15, 0.2) is 0 Å². The lowest BCUT2D eigenvalue weighted by Crippen LogP contribution is -2.18. The van der Waals surface area contributed by atoms with Gasteiger partial charge in [-0.1, -0.05) is 54.6 Å². The molecule has 0 saturated carbocycles. The predicted octanol–water partition coefficient (Wildman–Crippen LogP) is 3.79. The van der Waals surface area contributed by atoms with Crippen molar-refractivity contribution in [2.45, 2.75) is 4.90 Å². The first-order valence-electron chi connectivity index (χ1n) is 11.0. The highest BCUT2D eigenvalue weighted by Gasteiger charge is 2.16. The van der Waals surface area contributed by atoms with Crippen LogP contribution in [-0.2, 0) is 10.0 Å². The fourth-order valence-corrected chi connectivity index (χ4v) is 4.43. The van der Waals surface area contributed by atoms with Crippen LogP contribution in [0.5, 0.6) is 0 Å². The van der Waals surface area contributed by atoms with Crippen molar-refractivity contribution in [3.63, 3.8) is 0 Å². The van der Waals surface area contributed by atoms with Crippen LogP contribution < -0.4 is 21.5 Å². The second-order valence-corrected chi connectivity index (χ2v) is 9.60. The van der Waals surface area contributed by atoms with E-state index in [2.05, 4.69) is 10.6 Å². The van der Waals surface area contributed by atoms with Crippen LogP contribution in [0, 0.1) is 5.41 Å². The Kier molecular flexibility index (Phi) is 7.14. The van der Waals surface area contributed by atoms with E-state index in [0.29, 0.717) is 39.2 Å². The van der Waals surface area contributed by atoms with E-state index in [4.69, 9.17) is 16.3 Å². The first-order chi connectivity index (χ1) is 17.6. The largest absolute Gasteiger partial charge is 0.384 e. The molecule has 7 N–H and O–H groups in total. The van der Waals surface area contributed by atoms with E-state index >= 15 is 0 Å². The summed E-state index contributed by atoms with van der Waals surface area (Å²) < 4.78 is 23.8. The second-order valence-electron chi connectivity index (χ2n) is 8.07. The molecule has 0 spiro atoms. The number of benzene rings is 4. The van der Waals surface area contributed by atoms with E-state index in [1.54, 1.807) is 84.9 Å². The number of amidine groups is 1. The first kappa shape index (κ1) is 25.3. The lowest BCUT2D eigenvalue weighted by Gasteiger charge is -2.13. The van der Waals surface area contributed by atoms with Gasteiger partial charge >= 0.3 is 0 Å². The van der Waals surface area contributed by atoms with E-state index in [-0.39, 0.29) is 10.7 Å². The number of hydrogen-bond acceptors (Lipinski definition) is 5. The van der Waals surface area contributed by atoms with Crippen LogP contribution in [0.15, 0.2) is 102 Å². The summed E-state index contributed by atoms with van der Waals surface area (Å²) in [6, 6.07) is 25.8. The van der Waals surface area contributed by atoms with Gasteiger partial charge in [0.1, 0.15) is 5.84 Å². The number of sulfonamides is 1.